The van der Waals surface area contributed by atoms with Gasteiger partial charge in [0, 0.05) is 0 Å². The number of hydrogen-bond donors (Lipinski definition) is 0. The molecule has 0 nitrogen and oxygen atoms in total. The summed E-state index contributed by atoms with van der Waals surface area (Å²) < 4.78 is 19.4. The van der Waals surface area contributed by atoms with Gasteiger partial charge in [-0.2, -0.15) is 18.2 Å². The fourth-order valence-electron chi connectivity index (χ4n) is 0.321. The summed E-state index contributed by atoms with van der Waals surface area (Å²) in [7, 11) is 0. The molecule has 8 heavy (non-hydrogen) atoms. The number of halogens is 2. The maximum absolute atomic E-state index is 9.70. The monoisotopic (exact) mass is 206 g/mol. The van der Waals surface area contributed by atoms with Crippen molar-refractivity contribution in [2.45, 2.75) is 0 Å². The molecule has 0 aliphatic carbocycles. The summed E-state index contributed by atoms with van der Waals surface area (Å²) in [5, 5.41) is 0. The Morgan fingerprint density at radius 3 is 1.62 bits per heavy atom. The zero-order chi connectivity index (χ0) is 6.24. The number of hydrogen-bond acceptors (Lipinski definition) is 0. The third-order valence-corrected chi connectivity index (χ3v) is 0.556. The minimum absolute atomic E-state index is 2.00. The van der Waals surface area contributed by atoms with Gasteiger partial charge in [0.15, 0.2) is 0 Å². The SMILES string of the molecule is [F][Rh+][F].c1cc[cH-]c1. The minimum atomic E-state index is -2.17. The van der Waals surface area contributed by atoms with Crippen LogP contribution in [0.3, 0.4) is 0 Å². The van der Waals surface area contributed by atoms with Gasteiger partial charge in [-0.1, -0.05) is 0 Å². The maximum atomic E-state index is 9.70. The van der Waals surface area contributed by atoms with Crippen molar-refractivity contribution >= 4 is 0 Å². The van der Waals surface area contributed by atoms with Gasteiger partial charge in [-0.05, 0) is 0 Å². The summed E-state index contributed by atoms with van der Waals surface area (Å²) in [5.74, 6) is 0. The van der Waals surface area contributed by atoms with Gasteiger partial charge in [-0.15, -0.1) is 0 Å². The molecule has 0 amide bonds. The van der Waals surface area contributed by atoms with Crippen LogP contribution < -0.4 is 0 Å². The molecular formula is C5H5F2Rh. The van der Waals surface area contributed by atoms with Gasteiger partial charge >= 0.3 is 24.8 Å². The van der Waals surface area contributed by atoms with Crippen LogP contribution in [-0.2, 0) is 18.1 Å². The molecule has 0 spiro atoms. The Balaban J connectivity index is 0.000000145. The molecule has 0 N–H and O–H groups in total. The average molecular weight is 206 g/mol. The summed E-state index contributed by atoms with van der Waals surface area (Å²) in [5.41, 5.74) is 0. The molecule has 0 saturated carbocycles. The topological polar surface area (TPSA) is 0 Å². The first-order chi connectivity index (χ1) is 3.91. The molecule has 0 radical (unpaired) electrons. The third-order valence-electron chi connectivity index (χ3n) is 0.556. The predicted octanol–water partition coefficient (Wildman–Crippen LogP) is 2.24. The maximum Gasteiger partial charge on any atom is -0.172 e. The molecule has 0 aromatic heterocycles. The van der Waals surface area contributed by atoms with Crippen molar-refractivity contribution in [3.63, 3.8) is 0 Å². The molecule has 1 aromatic carbocycles. The van der Waals surface area contributed by atoms with E-state index in [9.17, 15) is 6.63 Å². The van der Waals surface area contributed by atoms with Gasteiger partial charge in [0.25, 0.3) is 0 Å². The van der Waals surface area contributed by atoms with Crippen molar-refractivity contribution < 1.29 is 24.8 Å². The first-order valence-electron chi connectivity index (χ1n) is 1.92. The average Bonchev–Trinajstić information content (AvgIpc) is 2.17. The van der Waals surface area contributed by atoms with Gasteiger partial charge in [0.05, 0.1) is 0 Å². The molecule has 3 heteroatoms. The Bertz CT molecular complexity index is 77.3. The van der Waals surface area contributed by atoms with Crippen LogP contribution in [0.5, 0.6) is 0 Å². The van der Waals surface area contributed by atoms with E-state index in [1.54, 1.807) is 0 Å². The molecular weight excluding hydrogens is 201 g/mol. The van der Waals surface area contributed by atoms with Crippen molar-refractivity contribution in [1.29, 1.82) is 0 Å². The van der Waals surface area contributed by atoms with Crippen molar-refractivity contribution in [1.82, 2.24) is 0 Å². The molecule has 0 aliphatic rings. The molecule has 48 valence electrons. The van der Waals surface area contributed by atoms with Crippen LogP contribution in [0.4, 0.5) is 6.63 Å². The van der Waals surface area contributed by atoms with Crippen molar-refractivity contribution in [3.8, 4) is 0 Å². The smallest absolute Gasteiger partial charge is 0.172 e. The van der Waals surface area contributed by atoms with E-state index in [0.717, 1.165) is 0 Å². The van der Waals surface area contributed by atoms with Crippen molar-refractivity contribution in [2.24, 2.45) is 0 Å². The second kappa shape index (κ2) is 6.83. The van der Waals surface area contributed by atoms with Crippen LogP contribution in [0, 0.1) is 0 Å². The minimum Gasteiger partial charge on any atom is -0.214 e. The first-order valence-corrected chi connectivity index (χ1v) is 3.16. The van der Waals surface area contributed by atoms with Crippen LogP contribution >= 0.6 is 0 Å². The Morgan fingerprint density at radius 2 is 1.50 bits per heavy atom. The molecule has 0 aliphatic heterocycles. The van der Waals surface area contributed by atoms with Gasteiger partial charge < -0.3 is 0 Å². The molecule has 0 saturated heterocycles. The summed E-state index contributed by atoms with van der Waals surface area (Å²) >= 11 is -2.17. The predicted molar refractivity (Wildman–Crippen MR) is 24.3 cm³/mol. The van der Waals surface area contributed by atoms with E-state index in [2.05, 4.69) is 0 Å². The molecule has 0 bridgehead atoms. The van der Waals surface area contributed by atoms with Crippen LogP contribution in [0.25, 0.3) is 0 Å². The van der Waals surface area contributed by atoms with Gasteiger partial charge in [0.1, 0.15) is 0 Å². The summed E-state index contributed by atoms with van der Waals surface area (Å²) in [6.07, 6.45) is 0. The zero-order valence-corrected chi connectivity index (χ0v) is 5.61. The van der Waals surface area contributed by atoms with Crippen LogP contribution in [-0.4, -0.2) is 0 Å². The van der Waals surface area contributed by atoms with E-state index in [-0.39, 0.29) is 0 Å². The molecule has 1 rings (SSSR count). The fraction of sp³-hybridized carbons (Fsp3) is 0. The second-order valence-electron chi connectivity index (χ2n) is 1.01. The van der Waals surface area contributed by atoms with Gasteiger partial charge in [-0.3, -0.25) is 0 Å². The number of rotatable bonds is 0. The molecule has 0 unspecified atom stereocenters. The molecule has 1 aromatic rings. The summed E-state index contributed by atoms with van der Waals surface area (Å²) in [6.45, 7) is 0. The largest absolute Gasteiger partial charge is 0.214 e. The van der Waals surface area contributed by atoms with E-state index in [1.165, 1.54) is 0 Å². The van der Waals surface area contributed by atoms with E-state index in [0.29, 0.717) is 0 Å². The van der Waals surface area contributed by atoms with Crippen LogP contribution in [0.15, 0.2) is 30.3 Å². The Kier molecular flexibility index (Phi) is 6.69. The van der Waals surface area contributed by atoms with Crippen LogP contribution in [0.1, 0.15) is 0 Å². The Hall–Kier alpha value is -0.167. The molecule has 0 fully saturated rings. The van der Waals surface area contributed by atoms with Gasteiger partial charge in [0.2, 0.25) is 0 Å². The van der Waals surface area contributed by atoms with E-state index < -0.39 is 18.1 Å². The quantitative estimate of drug-likeness (QED) is 0.451. The zero-order valence-electron chi connectivity index (χ0n) is 3.98. The molecule has 0 atom stereocenters. The van der Waals surface area contributed by atoms with Crippen molar-refractivity contribution in [3.05, 3.63) is 30.3 Å². The normalized spacial score (nSPS) is 7.75. The van der Waals surface area contributed by atoms with E-state index in [1.807, 2.05) is 30.3 Å². The fourth-order valence-corrected chi connectivity index (χ4v) is 0.321. The first kappa shape index (κ1) is 7.83. The summed E-state index contributed by atoms with van der Waals surface area (Å²) in [6, 6.07) is 10.0. The summed E-state index contributed by atoms with van der Waals surface area (Å²) in [4.78, 5) is 0. The van der Waals surface area contributed by atoms with Crippen molar-refractivity contribution in [2.75, 3.05) is 0 Å². The second-order valence-corrected chi connectivity index (χ2v) is 1.24. The van der Waals surface area contributed by atoms with Crippen LogP contribution in [0.2, 0.25) is 0 Å². The Morgan fingerprint density at radius 1 is 1.12 bits per heavy atom. The molecule has 0 heterocycles. The van der Waals surface area contributed by atoms with E-state index >= 15 is 0 Å². The Labute approximate surface area is 55.6 Å². The van der Waals surface area contributed by atoms with Gasteiger partial charge in [-0.25, -0.2) is 12.1 Å². The third kappa shape index (κ3) is 5.83. The van der Waals surface area contributed by atoms with E-state index in [4.69, 9.17) is 0 Å². The standard InChI is InChI=1S/C5H5.2FH.Rh/c1-2-4-5-3-1;;;/h1-5H;2*1H;/q-1;;;+3/p-2.